The number of hydrogen-bond acceptors (Lipinski definition) is 9. The molecule has 0 fully saturated rings. The number of pyridine rings is 1. The molecule has 11 nitrogen and oxygen atoms in total. The van der Waals surface area contributed by atoms with Crippen molar-refractivity contribution in [3.05, 3.63) is 41.6 Å². The number of methoxy groups -OCH3 is 1. The normalized spacial score (nSPS) is 18.8. The number of nitrogen functional groups attached to an aromatic ring is 1. The molecule has 3 N–H and O–H groups in total. The van der Waals surface area contributed by atoms with Gasteiger partial charge in [-0.1, -0.05) is 0 Å². The van der Waals surface area contributed by atoms with Gasteiger partial charge in [0.2, 0.25) is 5.91 Å². The van der Waals surface area contributed by atoms with Crippen LogP contribution in [0.2, 0.25) is 0 Å². The molecule has 4 aromatic rings. The van der Waals surface area contributed by atoms with Crippen LogP contribution in [0, 0.1) is 0 Å². The first-order valence-corrected chi connectivity index (χ1v) is 11.2. The molecule has 1 unspecified atom stereocenters. The number of anilines is 2. The Bertz CT molecular complexity index is 1730. The topological polar surface area (TPSA) is 147 Å². The lowest BCUT2D eigenvalue weighted by Gasteiger charge is -2.23. The van der Waals surface area contributed by atoms with Gasteiger partial charge in [-0.2, -0.15) is 27.1 Å². The van der Waals surface area contributed by atoms with Gasteiger partial charge in [-0.25, -0.2) is 19.9 Å². The minimum Gasteiger partial charge on any atom is -0.495 e. The van der Waals surface area contributed by atoms with Crippen LogP contribution in [0.3, 0.4) is 0 Å². The van der Waals surface area contributed by atoms with Crippen molar-refractivity contribution in [3.8, 4) is 17.3 Å². The van der Waals surface area contributed by atoms with Gasteiger partial charge in [-0.05, 0) is 18.6 Å². The zero-order valence-electron chi connectivity index (χ0n) is 23.1. The summed E-state index contributed by atoms with van der Waals surface area (Å²) in [5, 5.41) is 6.33. The second-order valence-electron chi connectivity index (χ2n) is 8.83. The summed E-state index contributed by atoms with van der Waals surface area (Å²) in [5.41, 5.74) is 4.83. The van der Waals surface area contributed by atoms with E-state index in [0.717, 1.165) is 6.20 Å². The van der Waals surface area contributed by atoms with Gasteiger partial charge >= 0.3 is 12.1 Å². The van der Waals surface area contributed by atoms with Crippen LogP contribution in [0.15, 0.2) is 24.7 Å². The predicted molar refractivity (Wildman–Crippen MR) is 127 cm³/mol. The maximum atomic E-state index is 13.7. The van der Waals surface area contributed by atoms with E-state index in [0.29, 0.717) is 16.0 Å². The van der Waals surface area contributed by atoms with Crippen molar-refractivity contribution in [2.45, 2.75) is 37.3 Å². The van der Waals surface area contributed by atoms with E-state index in [4.69, 9.17) is 14.6 Å². The van der Waals surface area contributed by atoms with E-state index in [9.17, 15) is 26.7 Å². The smallest absolute Gasteiger partial charge is 0.453 e. The van der Waals surface area contributed by atoms with Gasteiger partial charge in [-0.15, -0.1) is 0 Å². The highest BCUT2D eigenvalue weighted by Gasteiger charge is 2.56. The van der Waals surface area contributed by atoms with Crippen LogP contribution in [-0.4, -0.2) is 59.8 Å². The molecule has 0 bridgehead atoms. The number of fused-ring (bicyclic) bond motifs is 2. The van der Waals surface area contributed by atoms with Crippen molar-refractivity contribution in [2.75, 3.05) is 18.2 Å². The quantitative estimate of drug-likeness (QED) is 0.344. The van der Waals surface area contributed by atoms with Gasteiger partial charge in [0.1, 0.15) is 34.3 Å². The Hall–Kier alpha value is -4.50. The number of aromatic nitrogens is 7. The Balaban J connectivity index is 1.66. The summed E-state index contributed by atoms with van der Waals surface area (Å²) in [6, 6.07) is 1.58. The first-order chi connectivity index (χ1) is 19.5. The van der Waals surface area contributed by atoms with Crippen LogP contribution in [0.25, 0.3) is 22.6 Å². The molecule has 0 saturated carbocycles. The number of aryl methyl sites for hydroxylation is 2. The highest BCUT2D eigenvalue weighted by Crippen LogP contribution is 2.45. The van der Waals surface area contributed by atoms with E-state index >= 15 is 0 Å². The average Bonchev–Trinajstić information content (AvgIpc) is 3.45. The molecule has 5 rings (SSSR count). The number of ether oxygens (including phenoxy) is 1. The summed E-state index contributed by atoms with van der Waals surface area (Å²) in [4.78, 5) is 33.9. The van der Waals surface area contributed by atoms with Crippen LogP contribution < -0.4 is 15.8 Å². The van der Waals surface area contributed by atoms with E-state index < -0.39 is 49.1 Å². The summed E-state index contributed by atoms with van der Waals surface area (Å²) in [6.45, 7) is -1.33. The SMILES string of the molecule is [2H]C([2H])([2H])n1ncc2c(-c3nc(N)c4c(n3)NC(=O)C4(C)c3cncc(OC)c3)nc(CCC(F)(F)C(F)(F)F)nc21. The standard InChI is InChI=1S/C23H20F5N9O2/c1-21(10-6-11(39-3)8-30-7-10)14-16(29)34-18(35-17(14)36-20(21)38)15-12-9-31-37(2)19(12)33-13(32-15)4-5-22(24,25)23(26,27)28/h6-9H,4-5H2,1-3H3,(H3,29,34,35,36,38)/i2D3. The lowest BCUT2D eigenvalue weighted by Crippen LogP contribution is -2.36. The van der Waals surface area contributed by atoms with Crippen molar-refractivity contribution < 1.29 is 35.6 Å². The Labute approximate surface area is 220 Å². The van der Waals surface area contributed by atoms with E-state index in [1.54, 1.807) is 13.0 Å². The Morgan fingerprint density at radius 1 is 1.15 bits per heavy atom. The van der Waals surface area contributed by atoms with Crippen molar-refractivity contribution >= 4 is 28.6 Å². The van der Waals surface area contributed by atoms with Crippen LogP contribution in [0.1, 0.15) is 34.4 Å². The molecule has 1 amide bonds. The van der Waals surface area contributed by atoms with E-state index in [1.165, 1.54) is 19.5 Å². The lowest BCUT2D eigenvalue weighted by atomic mass is 9.78. The molecule has 0 aliphatic carbocycles. The van der Waals surface area contributed by atoms with Crippen molar-refractivity contribution in [1.29, 1.82) is 0 Å². The van der Waals surface area contributed by atoms with Crippen molar-refractivity contribution in [1.82, 2.24) is 34.7 Å². The number of nitrogens with two attached hydrogens (primary N) is 1. The largest absolute Gasteiger partial charge is 0.495 e. The number of nitrogens with zero attached hydrogens (tertiary/aromatic N) is 7. The number of rotatable bonds is 6. The van der Waals surface area contributed by atoms with Gasteiger partial charge in [0, 0.05) is 30.1 Å². The van der Waals surface area contributed by atoms with Crippen LogP contribution in [0.4, 0.5) is 33.6 Å². The fourth-order valence-corrected chi connectivity index (χ4v) is 4.24. The molecule has 16 heteroatoms. The van der Waals surface area contributed by atoms with E-state index in [-0.39, 0.29) is 39.8 Å². The Morgan fingerprint density at radius 3 is 2.62 bits per heavy atom. The number of carbonyl (C=O) groups is 1. The molecule has 1 aliphatic rings. The third-order valence-corrected chi connectivity index (χ3v) is 6.41. The molecule has 1 aliphatic heterocycles. The molecule has 204 valence electrons. The monoisotopic (exact) mass is 552 g/mol. The molecule has 5 heterocycles. The van der Waals surface area contributed by atoms with Crippen LogP contribution in [0.5, 0.6) is 5.75 Å². The molecule has 0 saturated heterocycles. The van der Waals surface area contributed by atoms with Gasteiger partial charge in [-0.3, -0.25) is 14.5 Å². The number of nitrogens with one attached hydrogen (secondary N) is 1. The van der Waals surface area contributed by atoms with E-state index in [2.05, 4.69) is 35.3 Å². The summed E-state index contributed by atoms with van der Waals surface area (Å²) >= 11 is 0. The minimum absolute atomic E-state index is 0.0343. The highest BCUT2D eigenvalue weighted by molar-refractivity contribution is 6.09. The number of hydrogen-bond donors (Lipinski definition) is 2. The second-order valence-corrected chi connectivity index (χ2v) is 8.83. The predicted octanol–water partition coefficient (Wildman–Crippen LogP) is 3.19. The average molecular weight is 552 g/mol. The minimum atomic E-state index is -5.82. The lowest BCUT2D eigenvalue weighted by molar-refractivity contribution is -0.284. The fraction of sp³-hybridized carbons (Fsp3) is 0.348. The molecular weight excluding hydrogens is 529 g/mol. The zero-order chi connectivity index (χ0) is 30.8. The maximum absolute atomic E-state index is 13.7. The van der Waals surface area contributed by atoms with Gasteiger partial charge < -0.3 is 15.8 Å². The summed E-state index contributed by atoms with van der Waals surface area (Å²) in [6.07, 6.45) is -4.58. The van der Waals surface area contributed by atoms with Crippen molar-refractivity contribution in [2.24, 2.45) is 6.98 Å². The van der Waals surface area contributed by atoms with Gasteiger partial charge in [0.05, 0.1) is 30.5 Å². The van der Waals surface area contributed by atoms with Gasteiger partial charge in [0.15, 0.2) is 11.5 Å². The van der Waals surface area contributed by atoms with Gasteiger partial charge in [0.25, 0.3) is 0 Å². The number of halogens is 5. The van der Waals surface area contributed by atoms with E-state index in [1.807, 2.05) is 0 Å². The highest BCUT2D eigenvalue weighted by atomic mass is 19.4. The first-order valence-electron chi connectivity index (χ1n) is 12.7. The third kappa shape index (κ3) is 4.15. The molecular formula is C23H20F5N9O2. The summed E-state index contributed by atoms with van der Waals surface area (Å²) in [7, 11) is 1.42. The molecule has 0 spiro atoms. The first kappa shape index (κ1) is 22.5. The summed E-state index contributed by atoms with van der Waals surface area (Å²) < 4.78 is 94.5. The molecule has 4 aromatic heterocycles. The number of alkyl halides is 5. The number of carbonyl (C=O) groups excluding carboxylic acids is 1. The Morgan fingerprint density at radius 2 is 1.92 bits per heavy atom. The zero-order valence-corrected chi connectivity index (χ0v) is 20.1. The third-order valence-electron chi connectivity index (χ3n) is 6.41. The molecule has 0 aromatic carbocycles. The second kappa shape index (κ2) is 8.78. The maximum Gasteiger partial charge on any atom is 0.453 e. The summed E-state index contributed by atoms with van der Waals surface area (Å²) in [5.74, 6) is -6.30. The number of amides is 1. The van der Waals surface area contributed by atoms with Crippen molar-refractivity contribution in [3.63, 3.8) is 0 Å². The van der Waals surface area contributed by atoms with Crippen LogP contribution >= 0.6 is 0 Å². The molecule has 39 heavy (non-hydrogen) atoms. The fourth-order valence-electron chi connectivity index (χ4n) is 4.24. The molecule has 1 atom stereocenters. The Kier molecular flexibility index (Phi) is 5.06. The van der Waals surface area contributed by atoms with Crippen LogP contribution in [-0.2, 0) is 23.6 Å². The molecule has 0 radical (unpaired) electrons.